The zero-order valence-corrected chi connectivity index (χ0v) is 11.3. The number of hydrogen-bond acceptors (Lipinski definition) is 2. The third-order valence-electron chi connectivity index (χ3n) is 2.58. The average molecular weight is 279 g/mol. The molecule has 5 heteroatoms. The van der Waals surface area contributed by atoms with E-state index in [1.807, 2.05) is 13.0 Å². The molecule has 2 aromatic rings. The van der Waals surface area contributed by atoms with Gasteiger partial charge < -0.3 is 15.1 Å². The Kier molecular flexibility index (Phi) is 4.47. The van der Waals surface area contributed by atoms with E-state index in [1.165, 1.54) is 0 Å². The van der Waals surface area contributed by atoms with E-state index in [2.05, 4.69) is 10.6 Å². The van der Waals surface area contributed by atoms with Crippen molar-refractivity contribution in [2.45, 2.75) is 19.4 Å². The maximum absolute atomic E-state index is 11.8. The molecule has 0 spiro atoms. The van der Waals surface area contributed by atoms with Crippen LogP contribution in [0.25, 0.3) is 0 Å². The van der Waals surface area contributed by atoms with Gasteiger partial charge in [0.2, 0.25) is 0 Å². The Bertz CT molecular complexity index is 540. The highest BCUT2D eigenvalue weighted by Crippen LogP contribution is 2.14. The summed E-state index contributed by atoms with van der Waals surface area (Å²) in [6.07, 6.45) is 4.01. The molecule has 0 aliphatic rings. The molecule has 4 nitrogen and oxygen atoms in total. The molecular formula is C14H15ClN2O2. The highest BCUT2D eigenvalue weighted by Gasteiger charge is 2.09. The molecule has 0 aliphatic carbocycles. The monoisotopic (exact) mass is 278 g/mol. The van der Waals surface area contributed by atoms with E-state index in [9.17, 15) is 4.79 Å². The third kappa shape index (κ3) is 4.34. The van der Waals surface area contributed by atoms with Gasteiger partial charge in [-0.2, -0.15) is 0 Å². The van der Waals surface area contributed by atoms with Crippen molar-refractivity contribution in [3.63, 3.8) is 0 Å². The van der Waals surface area contributed by atoms with Crippen LogP contribution in [0.15, 0.2) is 47.3 Å². The number of hydrogen-bond donors (Lipinski definition) is 2. The second-order valence-corrected chi connectivity index (χ2v) is 4.78. The minimum Gasteiger partial charge on any atom is -0.472 e. The summed E-state index contributed by atoms with van der Waals surface area (Å²) < 4.78 is 4.99. The van der Waals surface area contributed by atoms with Gasteiger partial charge in [-0.05, 0) is 43.2 Å². The molecular weight excluding hydrogens is 264 g/mol. The van der Waals surface area contributed by atoms with Crippen LogP contribution in [0.5, 0.6) is 0 Å². The van der Waals surface area contributed by atoms with Gasteiger partial charge in [-0.25, -0.2) is 4.79 Å². The van der Waals surface area contributed by atoms with E-state index in [0.717, 1.165) is 12.0 Å². The van der Waals surface area contributed by atoms with Crippen molar-refractivity contribution < 1.29 is 9.21 Å². The van der Waals surface area contributed by atoms with Crippen LogP contribution in [-0.2, 0) is 6.42 Å². The number of nitrogens with one attached hydrogen (secondary N) is 2. The molecule has 2 rings (SSSR count). The summed E-state index contributed by atoms with van der Waals surface area (Å²) in [6.45, 7) is 1.94. The van der Waals surface area contributed by atoms with E-state index in [-0.39, 0.29) is 12.1 Å². The first-order valence-corrected chi connectivity index (χ1v) is 6.35. The van der Waals surface area contributed by atoms with Crippen LogP contribution in [0.2, 0.25) is 5.02 Å². The molecule has 1 aromatic heterocycles. The Balaban J connectivity index is 1.84. The number of halogens is 1. The number of urea groups is 1. The first-order chi connectivity index (χ1) is 9.13. The fourth-order valence-electron chi connectivity index (χ4n) is 1.77. The van der Waals surface area contributed by atoms with Gasteiger partial charge in [0, 0.05) is 16.8 Å². The number of furan rings is 1. The van der Waals surface area contributed by atoms with Crippen molar-refractivity contribution >= 4 is 23.3 Å². The van der Waals surface area contributed by atoms with Crippen LogP contribution in [0.1, 0.15) is 12.5 Å². The summed E-state index contributed by atoms with van der Waals surface area (Å²) in [5.74, 6) is 0. The summed E-state index contributed by atoms with van der Waals surface area (Å²) in [7, 11) is 0. The van der Waals surface area contributed by atoms with Gasteiger partial charge in [0.25, 0.3) is 0 Å². The van der Waals surface area contributed by atoms with Gasteiger partial charge in [0.05, 0.1) is 12.5 Å². The topological polar surface area (TPSA) is 54.3 Å². The molecule has 1 heterocycles. The van der Waals surface area contributed by atoms with Crippen LogP contribution < -0.4 is 10.6 Å². The molecule has 0 aliphatic heterocycles. The van der Waals surface area contributed by atoms with Crippen LogP contribution in [0.4, 0.5) is 10.5 Å². The van der Waals surface area contributed by atoms with Crippen LogP contribution in [0, 0.1) is 0 Å². The van der Waals surface area contributed by atoms with Gasteiger partial charge in [0.1, 0.15) is 0 Å². The predicted octanol–water partition coefficient (Wildman–Crippen LogP) is 3.69. The first kappa shape index (κ1) is 13.5. The molecule has 19 heavy (non-hydrogen) atoms. The van der Waals surface area contributed by atoms with Crippen molar-refractivity contribution in [2.75, 3.05) is 5.32 Å². The van der Waals surface area contributed by atoms with Crippen molar-refractivity contribution in [2.24, 2.45) is 0 Å². The van der Waals surface area contributed by atoms with Gasteiger partial charge in [-0.3, -0.25) is 0 Å². The van der Waals surface area contributed by atoms with Gasteiger partial charge in [0.15, 0.2) is 0 Å². The molecule has 2 amide bonds. The Morgan fingerprint density at radius 2 is 2.26 bits per heavy atom. The fraction of sp³-hybridized carbons (Fsp3) is 0.214. The summed E-state index contributed by atoms with van der Waals surface area (Å²) in [6, 6.07) is 8.66. The summed E-state index contributed by atoms with van der Waals surface area (Å²) in [4.78, 5) is 11.8. The highest BCUT2D eigenvalue weighted by atomic mass is 35.5. The maximum Gasteiger partial charge on any atom is 0.319 e. The number of amides is 2. The molecule has 100 valence electrons. The minimum atomic E-state index is -0.252. The van der Waals surface area contributed by atoms with Gasteiger partial charge in [-0.1, -0.05) is 17.7 Å². The van der Waals surface area contributed by atoms with Crippen molar-refractivity contribution in [3.8, 4) is 0 Å². The van der Waals surface area contributed by atoms with E-state index < -0.39 is 0 Å². The van der Waals surface area contributed by atoms with Crippen molar-refractivity contribution in [1.82, 2.24) is 5.32 Å². The lowest BCUT2D eigenvalue weighted by Crippen LogP contribution is -2.37. The molecule has 0 bridgehead atoms. The Hall–Kier alpha value is -1.94. The predicted molar refractivity (Wildman–Crippen MR) is 75.5 cm³/mol. The minimum absolute atomic E-state index is 0.0109. The molecule has 0 radical (unpaired) electrons. The molecule has 0 saturated carbocycles. The average Bonchev–Trinajstić information content (AvgIpc) is 2.81. The molecule has 0 fully saturated rings. The summed E-state index contributed by atoms with van der Waals surface area (Å²) >= 11 is 5.85. The largest absolute Gasteiger partial charge is 0.472 e. The van der Waals surface area contributed by atoms with E-state index in [0.29, 0.717) is 10.7 Å². The van der Waals surface area contributed by atoms with Crippen molar-refractivity contribution in [3.05, 3.63) is 53.4 Å². The number of rotatable bonds is 4. The van der Waals surface area contributed by atoms with E-state index in [4.69, 9.17) is 16.0 Å². The Morgan fingerprint density at radius 1 is 1.42 bits per heavy atom. The quantitative estimate of drug-likeness (QED) is 0.896. The summed E-state index contributed by atoms with van der Waals surface area (Å²) in [5.41, 5.74) is 1.72. The van der Waals surface area contributed by atoms with Crippen molar-refractivity contribution in [1.29, 1.82) is 0 Å². The fourth-order valence-corrected chi connectivity index (χ4v) is 1.96. The zero-order valence-electron chi connectivity index (χ0n) is 10.5. The Morgan fingerprint density at radius 3 is 2.95 bits per heavy atom. The van der Waals surface area contributed by atoms with E-state index >= 15 is 0 Å². The number of anilines is 1. The maximum atomic E-state index is 11.8. The standard InChI is InChI=1S/C14H15ClN2O2/c1-10(7-11-5-6-19-9-11)16-14(18)17-13-4-2-3-12(15)8-13/h2-6,8-10H,7H2,1H3,(H2,16,17,18)/t10-/m1/s1. The van der Waals surface area contributed by atoms with Crippen LogP contribution in [-0.4, -0.2) is 12.1 Å². The molecule has 0 unspecified atom stereocenters. The van der Waals surface area contributed by atoms with E-state index in [1.54, 1.807) is 36.8 Å². The summed E-state index contributed by atoms with van der Waals surface area (Å²) in [5, 5.41) is 6.17. The molecule has 1 aromatic carbocycles. The smallest absolute Gasteiger partial charge is 0.319 e. The number of benzene rings is 1. The normalized spacial score (nSPS) is 11.9. The number of carbonyl (C=O) groups excluding carboxylic acids is 1. The highest BCUT2D eigenvalue weighted by molar-refractivity contribution is 6.30. The Labute approximate surface area is 116 Å². The third-order valence-corrected chi connectivity index (χ3v) is 2.82. The lowest BCUT2D eigenvalue weighted by atomic mass is 10.1. The lowest BCUT2D eigenvalue weighted by Gasteiger charge is -2.13. The second kappa shape index (κ2) is 6.29. The van der Waals surface area contributed by atoms with Gasteiger partial charge in [-0.15, -0.1) is 0 Å². The molecule has 0 saturated heterocycles. The van der Waals surface area contributed by atoms with Crippen LogP contribution >= 0.6 is 11.6 Å². The first-order valence-electron chi connectivity index (χ1n) is 5.97. The zero-order chi connectivity index (χ0) is 13.7. The molecule has 1 atom stereocenters. The molecule has 2 N–H and O–H groups in total. The SMILES string of the molecule is C[C@H](Cc1ccoc1)NC(=O)Nc1cccc(Cl)c1. The number of carbonyl (C=O) groups is 1. The van der Waals surface area contributed by atoms with Gasteiger partial charge >= 0.3 is 6.03 Å². The van der Waals surface area contributed by atoms with Crippen LogP contribution in [0.3, 0.4) is 0 Å². The lowest BCUT2D eigenvalue weighted by molar-refractivity contribution is 0.249. The second-order valence-electron chi connectivity index (χ2n) is 4.35.